The number of rotatable bonds is 5. The fourth-order valence-corrected chi connectivity index (χ4v) is 1.82. The van der Waals surface area contributed by atoms with E-state index >= 15 is 0 Å². The SMILES string of the molecule is NCCCNC(=O)C1CC=CCC1C(=O)O. The Morgan fingerprint density at radius 1 is 1.31 bits per heavy atom. The maximum absolute atomic E-state index is 11.7. The Balaban J connectivity index is 2.52. The van der Waals surface area contributed by atoms with Gasteiger partial charge in [0, 0.05) is 6.54 Å². The van der Waals surface area contributed by atoms with Gasteiger partial charge in [0.15, 0.2) is 0 Å². The van der Waals surface area contributed by atoms with Gasteiger partial charge in [0.2, 0.25) is 5.91 Å². The highest BCUT2D eigenvalue weighted by Crippen LogP contribution is 2.25. The third-order valence-electron chi connectivity index (χ3n) is 2.77. The molecule has 1 aliphatic rings. The minimum Gasteiger partial charge on any atom is -0.481 e. The van der Waals surface area contributed by atoms with Crippen LogP contribution in [0.1, 0.15) is 19.3 Å². The van der Waals surface area contributed by atoms with Gasteiger partial charge in [-0.3, -0.25) is 9.59 Å². The highest BCUT2D eigenvalue weighted by atomic mass is 16.4. The number of nitrogens with one attached hydrogen (secondary N) is 1. The first-order valence-corrected chi connectivity index (χ1v) is 5.52. The molecule has 0 saturated carbocycles. The zero-order valence-electron chi connectivity index (χ0n) is 9.19. The molecule has 0 bridgehead atoms. The van der Waals surface area contributed by atoms with Crippen LogP contribution in [0.25, 0.3) is 0 Å². The predicted octanol–water partition coefficient (Wildman–Crippen LogP) is 0.118. The van der Waals surface area contributed by atoms with E-state index in [0.29, 0.717) is 32.4 Å². The largest absolute Gasteiger partial charge is 0.481 e. The number of carbonyl (C=O) groups excluding carboxylic acids is 1. The number of nitrogens with two attached hydrogens (primary N) is 1. The van der Waals surface area contributed by atoms with Crippen LogP contribution in [0.5, 0.6) is 0 Å². The molecule has 1 amide bonds. The van der Waals surface area contributed by atoms with E-state index in [0.717, 1.165) is 0 Å². The van der Waals surface area contributed by atoms with Gasteiger partial charge in [-0.05, 0) is 25.8 Å². The van der Waals surface area contributed by atoms with Crippen LogP contribution in [0.2, 0.25) is 0 Å². The Hall–Kier alpha value is -1.36. The summed E-state index contributed by atoms with van der Waals surface area (Å²) in [7, 11) is 0. The molecule has 16 heavy (non-hydrogen) atoms. The second-order valence-corrected chi connectivity index (χ2v) is 3.93. The van der Waals surface area contributed by atoms with Gasteiger partial charge in [0.05, 0.1) is 11.8 Å². The lowest BCUT2D eigenvalue weighted by Crippen LogP contribution is -2.39. The van der Waals surface area contributed by atoms with Crippen LogP contribution in [-0.4, -0.2) is 30.1 Å². The molecule has 0 aromatic carbocycles. The average molecular weight is 226 g/mol. The summed E-state index contributed by atoms with van der Waals surface area (Å²) in [6.45, 7) is 1.04. The molecule has 4 N–H and O–H groups in total. The topological polar surface area (TPSA) is 92.4 Å². The van der Waals surface area contributed by atoms with Crippen LogP contribution in [0, 0.1) is 11.8 Å². The Bertz CT molecular complexity index is 289. The Kier molecular flexibility index (Phi) is 4.98. The molecule has 2 atom stereocenters. The van der Waals surface area contributed by atoms with Gasteiger partial charge in [0.25, 0.3) is 0 Å². The Labute approximate surface area is 94.7 Å². The van der Waals surface area contributed by atoms with E-state index in [4.69, 9.17) is 10.8 Å². The minimum absolute atomic E-state index is 0.176. The number of hydrogen-bond acceptors (Lipinski definition) is 3. The molecule has 0 fully saturated rings. The van der Waals surface area contributed by atoms with Crippen molar-refractivity contribution in [1.82, 2.24) is 5.32 Å². The average Bonchev–Trinajstić information content (AvgIpc) is 2.29. The number of aliphatic carboxylic acids is 1. The molecule has 5 heteroatoms. The lowest BCUT2D eigenvalue weighted by atomic mass is 9.82. The summed E-state index contributed by atoms with van der Waals surface area (Å²) in [5.74, 6) is -2.11. The van der Waals surface area contributed by atoms with Crippen LogP contribution >= 0.6 is 0 Å². The number of allylic oxidation sites excluding steroid dienone is 2. The fourth-order valence-electron chi connectivity index (χ4n) is 1.82. The fraction of sp³-hybridized carbons (Fsp3) is 0.636. The second kappa shape index (κ2) is 6.27. The first kappa shape index (κ1) is 12.7. The van der Waals surface area contributed by atoms with Crippen molar-refractivity contribution in [3.63, 3.8) is 0 Å². The van der Waals surface area contributed by atoms with E-state index in [9.17, 15) is 9.59 Å². The Morgan fingerprint density at radius 3 is 2.50 bits per heavy atom. The summed E-state index contributed by atoms with van der Waals surface area (Å²) in [6.07, 6.45) is 5.34. The molecular weight excluding hydrogens is 208 g/mol. The summed E-state index contributed by atoms with van der Waals surface area (Å²) >= 11 is 0. The second-order valence-electron chi connectivity index (χ2n) is 3.93. The third-order valence-corrected chi connectivity index (χ3v) is 2.77. The van der Waals surface area contributed by atoms with E-state index < -0.39 is 17.8 Å². The molecule has 1 rings (SSSR count). The molecule has 0 spiro atoms. The van der Waals surface area contributed by atoms with Gasteiger partial charge in [-0.15, -0.1) is 0 Å². The van der Waals surface area contributed by atoms with Crippen molar-refractivity contribution in [1.29, 1.82) is 0 Å². The lowest BCUT2D eigenvalue weighted by Gasteiger charge is -2.24. The zero-order chi connectivity index (χ0) is 12.0. The van der Waals surface area contributed by atoms with E-state index in [-0.39, 0.29) is 5.91 Å². The molecule has 0 saturated heterocycles. The van der Waals surface area contributed by atoms with Gasteiger partial charge in [-0.1, -0.05) is 12.2 Å². The molecule has 0 aromatic rings. The summed E-state index contributed by atoms with van der Waals surface area (Å²) in [6, 6.07) is 0. The maximum atomic E-state index is 11.7. The van der Waals surface area contributed by atoms with Crippen molar-refractivity contribution in [3.8, 4) is 0 Å². The quantitative estimate of drug-likeness (QED) is 0.458. The normalized spacial score (nSPS) is 24.1. The van der Waals surface area contributed by atoms with Gasteiger partial charge in [-0.2, -0.15) is 0 Å². The number of carboxylic acid groups (broad SMARTS) is 1. The van der Waals surface area contributed by atoms with Crippen molar-refractivity contribution >= 4 is 11.9 Å². The summed E-state index contributed by atoms with van der Waals surface area (Å²) in [5, 5.41) is 11.7. The number of amides is 1. The van der Waals surface area contributed by atoms with E-state index in [1.807, 2.05) is 12.2 Å². The number of hydrogen-bond donors (Lipinski definition) is 3. The van der Waals surface area contributed by atoms with Crippen LogP contribution in [0.15, 0.2) is 12.2 Å². The van der Waals surface area contributed by atoms with E-state index in [2.05, 4.69) is 5.32 Å². The molecular formula is C11H18N2O3. The number of carboxylic acids is 1. The van der Waals surface area contributed by atoms with Crippen molar-refractivity contribution in [2.45, 2.75) is 19.3 Å². The summed E-state index contributed by atoms with van der Waals surface area (Å²) in [5.41, 5.74) is 5.31. The third kappa shape index (κ3) is 3.34. The van der Waals surface area contributed by atoms with Crippen molar-refractivity contribution in [2.24, 2.45) is 17.6 Å². The van der Waals surface area contributed by atoms with Gasteiger partial charge in [-0.25, -0.2) is 0 Å². The molecule has 2 unspecified atom stereocenters. The van der Waals surface area contributed by atoms with Gasteiger partial charge < -0.3 is 16.2 Å². The van der Waals surface area contributed by atoms with Crippen molar-refractivity contribution in [3.05, 3.63) is 12.2 Å². The Morgan fingerprint density at radius 2 is 1.94 bits per heavy atom. The summed E-state index contributed by atoms with van der Waals surface area (Å²) in [4.78, 5) is 22.7. The predicted molar refractivity (Wildman–Crippen MR) is 59.7 cm³/mol. The van der Waals surface area contributed by atoms with Crippen LogP contribution in [0.3, 0.4) is 0 Å². The molecule has 0 aliphatic heterocycles. The first-order chi connectivity index (χ1) is 7.66. The van der Waals surface area contributed by atoms with Crippen LogP contribution < -0.4 is 11.1 Å². The molecule has 90 valence electrons. The first-order valence-electron chi connectivity index (χ1n) is 5.52. The smallest absolute Gasteiger partial charge is 0.307 e. The summed E-state index contributed by atoms with van der Waals surface area (Å²) < 4.78 is 0. The molecule has 1 aliphatic carbocycles. The maximum Gasteiger partial charge on any atom is 0.307 e. The minimum atomic E-state index is -0.900. The van der Waals surface area contributed by atoms with Crippen LogP contribution in [-0.2, 0) is 9.59 Å². The monoisotopic (exact) mass is 226 g/mol. The molecule has 0 aromatic heterocycles. The van der Waals surface area contributed by atoms with Crippen molar-refractivity contribution < 1.29 is 14.7 Å². The standard InChI is InChI=1S/C11H18N2O3/c12-6-3-7-13-10(14)8-4-1-2-5-9(8)11(15)16/h1-2,8-9H,3-7,12H2,(H,13,14)(H,15,16). The number of carbonyl (C=O) groups is 2. The molecule has 0 radical (unpaired) electrons. The highest BCUT2D eigenvalue weighted by Gasteiger charge is 2.33. The molecule has 5 nitrogen and oxygen atoms in total. The van der Waals surface area contributed by atoms with Crippen molar-refractivity contribution in [2.75, 3.05) is 13.1 Å². The van der Waals surface area contributed by atoms with Gasteiger partial charge >= 0.3 is 5.97 Å². The van der Waals surface area contributed by atoms with E-state index in [1.54, 1.807) is 0 Å². The van der Waals surface area contributed by atoms with Crippen LogP contribution in [0.4, 0.5) is 0 Å². The lowest BCUT2D eigenvalue weighted by molar-refractivity contribution is -0.147. The van der Waals surface area contributed by atoms with Gasteiger partial charge in [0.1, 0.15) is 0 Å². The zero-order valence-corrected chi connectivity index (χ0v) is 9.19. The van der Waals surface area contributed by atoms with E-state index in [1.165, 1.54) is 0 Å². The molecule has 0 heterocycles. The highest BCUT2D eigenvalue weighted by molar-refractivity contribution is 5.85.